The number of benzene rings is 1. The standard InChI is InChI=1S/C13H19N3/c14-13(5-6-15-9-13)10-16-7-11-3-1-2-4-12(11)8-16/h1-4,15H,5-10,14H2. The number of hydrogen-bond donors (Lipinski definition) is 2. The molecule has 0 radical (unpaired) electrons. The molecule has 0 saturated carbocycles. The van der Waals surface area contributed by atoms with Crippen LogP contribution in [0.4, 0.5) is 0 Å². The molecule has 2 aliphatic rings. The van der Waals surface area contributed by atoms with Gasteiger partial charge in [-0.3, -0.25) is 4.90 Å². The van der Waals surface area contributed by atoms with Crippen LogP contribution in [0.2, 0.25) is 0 Å². The molecular weight excluding hydrogens is 198 g/mol. The summed E-state index contributed by atoms with van der Waals surface area (Å²) in [4.78, 5) is 2.47. The number of rotatable bonds is 2. The van der Waals surface area contributed by atoms with E-state index in [1.54, 1.807) is 0 Å². The van der Waals surface area contributed by atoms with E-state index in [-0.39, 0.29) is 5.54 Å². The van der Waals surface area contributed by atoms with Crippen molar-refractivity contribution in [2.24, 2.45) is 5.73 Å². The third-order valence-electron chi connectivity index (χ3n) is 3.72. The van der Waals surface area contributed by atoms with Crippen LogP contribution in [0.25, 0.3) is 0 Å². The second kappa shape index (κ2) is 3.84. The minimum absolute atomic E-state index is 0.0119. The molecule has 1 saturated heterocycles. The van der Waals surface area contributed by atoms with Crippen molar-refractivity contribution >= 4 is 0 Å². The van der Waals surface area contributed by atoms with E-state index in [9.17, 15) is 0 Å². The van der Waals surface area contributed by atoms with Crippen molar-refractivity contribution in [1.82, 2.24) is 10.2 Å². The number of nitrogens with zero attached hydrogens (tertiary/aromatic N) is 1. The predicted molar refractivity (Wildman–Crippen MR) is 65.0 cm³/mol. The topological polar surface area (TPSA) is 41.3 Å². The number of nitrogens with two attached hydrogens (primary N) is 1. The van der Waals surface area contributed by atoms with Gasteiger partial charge in [0.15, 0.2) is 0 Å². The molecule has 3 N–H and O–H groups in total. The van der Waals surface area contributed by atoms with Crippen molar-refractivity contribution in [2.75, 3.05) is 19.6 Å². The molecule has 0 amide bonds. The van der Waals surface area contributed by atoms with Crippen molar-refractivity contribution in [1.29, 1.82) is 0 Å². The van der Waals surface area contributed by atoms with E-state index >= 15 is 0 Å². The molecule has 16 heavy (non-hydrogen) atoms. The lowest BCUT2D eigenvalue weighted by Crippen LogP contribution is -2.50. The van der Waals surface area contributed by atoms with E-state index in [4.69, 9.17) is 5.73 Å². The Morgan fingerprint density at radius 2 is 1.94 bits per heavy atom. The monoisotopic (exact) mass is 217 g/mol. The van der Waals surface area contributed by atoms with Gasteiger partial charge >= 0.3 is 0 Å². The van der Waals surface area contributed by atoms with Crippen LogP contribution in [0.15, 0.2) is 24.3 Å². The lowest BCUT2D eigenvalue weighted by atomic mass is 10.00. The smallest absolute Gasteiger partial charge is 0.0422 e. The Bertz CT molecular complexity index is 358. The van der Waals surface area contributed by atoms with Crippen molar-refractivity contribution in [3.63, 3.8) is 0 Å². The highest BCUT2D eigenvalue weighted by Gasteiger charge is 2.32. The van der Waals surface area contributed by atoms with Crippen molar-refractivity contribution in [3.8, 4) is 0 Å². The minimum Gasteiger partial charge on any atom is -0.323 e. The largest absolute Gasteiger partial charge is 0.323 e. The van der Waals surface area contributed by atoms with Crippen LogP contribution in [-0.4, -0.2) is 30.1 Å². The number of fused-ring (bicyclic) bond motifs is 1. The molecule has 1 aromatic rings. The first-order valence-electron chi connectivity index (χ1n) is 6.04. The third kappa shape index (κ3) is 1.86. The van der Waals surface area contributed by atoms with Crippen LogP contribution in [0.5, 0.6) is 0 Å². The molecule has 0 aromatic heterocycles. The van der Waals surface area contributed by atoms with Crippen molar-refractivity contribution < 1.29 is 0 Å². The van der Waals surface area contributed by atoms with E-state index < -0.39 is 0 Å². The molecule has 1 unspecified atom stereocenters. The van der Waals surface area contributed by atoms with Gasteiger partial charge in [-0.2, -0.15) is 0 Å². The summed E-state index contributed by atoms with van der Waals surface area (Å²) < 4.78 is 0. The summed E-state index contributed by atoms with van der Waals surface area (Å²) in [5.74, 6) is 0. The Morgan fingerprint density at radius 1 is 1.25 bits per heavy atom. The van der Waals surface area contributed by atoms with Crippen molar-refractivity contribution in [2.45, 2.75) is 25.0 Å². The summed E-state index contributed by atoms with van der Waals surface area (Å²) in [7, 11) is 0. The van der Waals surface area contributed by atoms with Crippen LogP contribution in [-0.2, 0) is 13.1 Å². The number of nitrogens with one attached hydrogen (secondary N) is 1. The first-order chi connectivity index (χ1) is 7.75. The SMILES string of the molecule is NC1(CN2Cc3ccccc3C2)CCNC1. The molecule has 0 aliphatic carbocycles. The maximum absolute atomic E-state index is 6.37. The zero-order valence-electron chi connectivity index (χ0n) is 9.58. The van der Waals surface area contributed by atoms with Gasteiger partial charge in [0.05, 0.1) is 0 Å². The summed E-state index contributed by atoms with van der Waals surface area (Å²) in [5.41, 5.74) is 9.30. The fourth-order valence-corrected chi connectivity index (χ4v) is 2.86. The van der Waals surface area contributed by atoms with Crippen molar-refractivity contribution in [3.05, 3.63) is 35.4 Å². The lowest BCUT2D eigenvalue weighted by molar-refractivity contribution is 0.220. The van der Waals surface area contributed by atoms with Crippen LogP contribution in [0.3, 0.4) is 0 Å². The fraction of sp³-hybridized carbons (Fsp3) is 0.538. The molecule has 3 heteroatoms. The summed E-state index contributed by atoms with van der Waals surface area (Å²) in [6.07, 6.45) is 1.10. The van der Waals surface area contributed by atoms with Crippen LogP contribution >= 0.6 is 0 Å². The Morgan fingerprint density at radius 3 is 2.50 bits per heavy atom. The van der Waals surface area contributed by atoms with E-state index in [2.05, 4.69) is 34.5 Å². The number of hydrogen-bond acceptors (Lipinski definition) is 3. The molecule has 0 spiro atoms. The average molecular weight is 217 g/mol. The maximum atomic E-state index is 6.37. The highest BCUT2D eigenvalue weighted by Crippen LogP contribution is 2.24. The lowest BCUT2D eigenvalue weighted by Gasteiger charge is -2.28. The molecule has 2 heterocycles. The molecule has 1 atom stereocenters. The first-order valence-corrected chi connectivity index (χ1v) is 6.04. The van der Waals surface area contributed by atoms with E-state index in [0.717, 1.165) is 39.1 Å². The molecule has 3 nitrogen and oxygen atoms in total. The quantitative estimate of drug-likeness (QED) is 0.766. The Labute approximate surface area is 96.6 Å². The Hall–Kier alpha value is -0.900. The van der Waals surface area contributed by atoms with E-state index in [1.807, 2.05) is 0 Å². The molecule has 3 rings (SSSR count). The molecule has 1 fully saturated rings. The van der Waals surface area contributed by atoms with Gasteiger partial charge in [-0.05, 0) is 24.1 Å². The molecule has 0 bridgehead atoms. The summed E-state index contributed by atoms with van der Waals surface area (Å²) >= 11 is 0. The fourth-order valence-electron chi connectivity index (χ4n) is 2.86. The van der Waals surface area contributed by atoms with Gasteiger partial charge in [-0.15, -0.1) is 0 Å². The molecular formula is C13H19N3. The zero-order valence-corrected chi connectivity index (χ0v) is 9.58. The first kappa shape index (κ1) is 10.3. The summed E-state index contributed by atoms with van der Waals surface area (Å²) in [6, 6.07) is 8.70. The second-order valence-electron chi connectivity index (χ2n) is 5.20. The van der Waals surface area contributed by atoms with Crippen LogP contribution in [0, 0.1) is 0 Å². The van der Waals surface area contributed by atoms with Gasteiger partial charge in [0.2, 0.25) is 0 Å². The Balaban J connectivity index is 1.68. The van der Waals surface area contributed by atoms with Crippen LogP contribution < -0.4 is 11.1 Å². The third-order valence-corrected chi connectivity index (χ3v) is 3.72. The molecule has 1 aromatic carbocycles. The molecule has 86 valence electrons. The van der Waals surface area contributed by atoms with Gasteiger partial charge in [0, 0.05) is 31.7 Å². The van der Waals surface area contributed by atoms with Gasteiger partial charge in [0.1, 0.15) is 0 Å². The normalized spacial score (nSPS) is 29.6. The highest BCUT2D eigenvalue weighted by molar-refractivity contribution is 5.30. The predicted octanol–water partition coefficient (Wildman–Crippen LogP) is 0.693. The maximum Gasteiger partial charge on any atom is 0.0422 e. The van der Waals surface area contributed by atoms with Gasteiger partial charge < -0.3 is 11.1 Å². The summed E-state index contributed by atoms with van der Waals surface area (Å²) in [6.45, 7) is 5.16. The highest BCUT2D eigenvalue weighted by atomic mass is 15.2. The van der Waals surface area contributed by atoms with Crippen LogP contribution in [0.1, 0.15) is 17.5 Å². The van der Waals surface area contributed by atoms with Gasteiger partial charge in [-0.25, -0.2) is 0 Å². The average Bonchev–Trinajstić information content (AvgIpc) is 2.84. The molecule has 2 aliphatic heterocycles. The van der Waals surface area contributed by atoms with Gasteiger partial charge in [0.25, 0.3) is 0 Å². The second-order valence-corrected chi connectivity index (χ2v) is 5.20. The summed E-state index contributed by atoms with van der Waals surface area (Å²) in [5, 5.41) is 3.36. The van der Waals surface area contributed by atoms with E-state index in [1.165, 1.54) is 11.1 Å². The minimum atomic E-state index is -0.0119. The Kier molecular flexibility index (Phi) is 2.46. The zero-order chi connectivity index (χ0) is 11.0. The van der Waals surface area contributed by atoms with Gasteiger partial charge in [-0.1, -0.05) is 24.3 Å². The van der Waals surface area contributed by atoms with E-state index in [0.29, 0.717) is 0 Å².